The molecule has 0 radical (unpaired) electrons. The smallest absolute Gasteiger partial charge is 0.387 e. The molecule has 1 fully saturated rings. The van der Waals surface area contributed by atoms with Gasteiger partial charge in [0, 0.05) is 13.1 Å². The van der Waals surface area contributed by atoms with Crippen LogP contribution in [0.5, 0.6) is 5.75 Å². The Labute approximate surface area is 154 Å². The van der Waals surface area contributed by atoms with E-state index < -0.39 is 6.61 Å². The van der Waals surface area contributed by atoms with Gasteiger partial charge in [0.15, 0.2) is 0 Å². The molecule has 0 aromatic heterocycles. The molecule has 8 heteroatoms. The van der Waals surface area contributed by atoms with E-state index in [2.05, 4.69) is 10.1 Å². The number of ether oxygens (including phenoxy) is 2. The van der Waals surface area contributed by atoms with Crippen molar-refractivity contribution in [1.82, 2.24) is 4.90 Å². The maximum absolute atomic E-state index is 13.1. The van der Waals surface area contributed by atoms with Crippen LogP contribution in [0.4, 0.5) is 18.9 Å². The average molecular weight is 380 g/mol. The summed E-state index contributed by atoms with van der Waals surface area (Å²) in [6.07, 6.45) is -0.262. The van der Waals surface area contributed by atoms with Gasteiger partial charge in [0.2, 0.25) is 5.91 Å². The lowest BCUT2D eigenvalue weighted by atomic mass is 10.1. The van der Waals surface area contributed by atoms with Crippen LogP contribution in [0.25, 0.3) is 0 Å². The van der Waals surface area contributed by atoms with Gasteiger partial charge in [-0.2, -0.15) is 8.78 Å². The minimum absolute atomic E-state index is 0.0735. The molecule has 144 valence electrons. The topological polar surface area (TPSA) is 50.8 Å². The molecule has 0 unspecified atom stereocenters. The summed E-state index contributed by atoms with van der Waals surface area (Å²) in [7, 11) is 0. The lowest BCUT2D eigenvalue weighted by molar-refractivity contribution is -0.119. The van der Waals surface area contributed by atoms with Crippen LogP contribution in [-0.2, 0) is 9.53 Å². The lowest BCUT2D eigenvalue weighted by Crippen LogP contribution is -2.42. The SMILES string of the molecule is O=C(CN1CCO[C@H](c2ccc(F)cc2)C1)Nc1ccccc1OC(F)F. The molecular weight excluding hydrogens is 361 g/mol. The first kappa shape index (κ1) is 19.2. The van der Waals surface area contributed by atoms with E-state index in [1.165, 1.54) is 24.3 Å². The molecule has 2 aromatic rings. The molecule has 5 nitrogen and oxygen atoms in total. The summed E-state index contributed by atoms with van der Waals surface area (Å²) in [5.74, 6) is -0.762. The van der Waals surface area contributed by atoms with Gasteiger partial charge < -0.3 is 14.8 Å². The van der Waals surface area contributed by atoms with E-state index >= 15 is 0 Å². The van der Waals surface area contributed by atoms with Crippen LogP contribution < -0.4 is 10.1 Å². The van der Waals surface area contributed by atoms with Crippen molar-refractivity contribution in [2.45, 2.75) is 12.7 Å². The molecule has 0 spiro atoms. The van der Waals surface area contributed by atoms with Crippen molar-refractivity contribution in [3.05, 3.63) is 59.9 Å². The third kappa shape index (κ3) is 5.45. The molecule has 1 saturated heterocycles. The Morgan fingerprint density at radius 2 is 1.96 bits per heavy atom. The second-order valence-electron chi connectivity index (χ2n) is 6.07. The number of carbonyl (C=O) groups is 1. The minimum Gasteiger partial charge on any atom is -0.433 e. The van der Waals surface area contributed by atoms with E-state index in [0.29, 0.717) is 19.7 Å². The van der Waals surface area contributed by atoms with Crippen LogP contribution in [0.15, 0.2) is 48.5 Å². The molecule has 0 saturated carbocycles. The Balaban J connectivity index is 1.58. The highest BCUT2D eigenvalue weighted by Crippen LogP contribution is 2.26. The zero-order chi connectivity index (χ0) is 19.2. The number of halogens is 3. The van der Waals surface area contributed by atoms with Crippen molar-refractivity contribution < 1.29 is 27.4 Å². The molecule has 0 bridgehead atoms. The van der Waals surface area contributed by atoms with Crippen molar-refractivity contribution in [1.29, 1.82) is 0 Å². The van der Waals surface area contributed by atoms with Crippen LogP contribution in [0.1, 0.15) is 11.7 Å². The fraction of sp³-hybridized carbons (Fsp3) is 0.316. The van der Waals surface area contributed by atoms with Crippen LogP contribution in [0, 0.1) is 5.82 Å². The number of nitrogens with one attached hydrogen (secondary N) is 1. The van der Waals surface area contributed by atoms with E-state index in [9.17, 15) is 18.0 Å². The number of carbonyl (C=O) groups excluding carboxylic acids is 1. The second kappa shape index (κ2) is 8.88. The maximum atomic E-state index is 13.1. The third-order valence-corrected chi connectivity index (χ3v) is 4.14. The molecule has 2 aromatic carbocycles. The Bertz CT molecular complexity index is 771. The summed E-state index contributed by atoms with van der Waals surface area (Å²) in [5, 5.41) is 2.60. The van der Waals surface area contributed by atoms with Crippen molar-refractivity contribution in [2.75, 3.05) is 31.6 Å². The van der Waals surface area contributed by atoms with Gasteiger partial charge in [-0.25, -0.2) is 4.39 Å². The van der Waals surface area contributed by atoms with Crippen molar-refractivity contribution >= 4 is 11.6 Å². The van der Waals surface area contributed by atoms with Crippen molar-refractivity contribution in [3.63, 3.8) is 0 Å². The van der Waals surface area contributed by atoms with E-state index in [0.717, 1.165) is 5.56 Å². The zero-order valence-corrected chi connectivity index (χ0v) is 14.4. The van der Waals surface area contributed by atoms with E-state index in [1.807, 2.05) is 4.90 Å². The van der Waals surface area contributed by atoms with Gasteiger partial charge in [-0.3, -0.25) is 9.69 Å². The van der Waals surface area contributed by atoms with Gasteiger partial charge in [-0.1, -0.05) is 24.3 Å². The van der Waals surface area contributed by atoms with Crippen LogP contribution in [0.2, 0.25) is 0 Å². The average Bonchev–Trinajstić information content (AvgIpc) is 2.64. The number of anilines is 1. The fourth-order valence-electron chi connectivity index (χ4n) is 2.89. The number of hydrogen-bond donors (Lipinski definition) is 1. The van der Waals surface area contributed by atoms with Gasteiger partial charge in [-0.15, -0.1) is 0 Å². The number of morpholine rings is 1. The Morgan fingerprint density at radius 1 is 1.22 bits per heavy atom. The number of benzene rings is 2. The van der Waals surface area contributed by atoms with Gasteiger partial charge >= 0.3 is 6.61 Å². The van der Waals surface area contributed by atoms with Gasteiger partial charge in [0.25, 0.3) is 0 Å². The molecule has 1 heterocycles. The zero-order valence-electron chi connectivity index (χ0n) is 14.4. The Kier molecular flexibility index (Phi) is 6.31. The minimum atomic E-state index is -2.97. The predicted molar refractivity (Wildman–Crippen MR) is 93.2 cm³/mol. The number of amides is 1. The second-order valence-corrected chi connectivity index (χ2v) is 6.07. The molecule has 3 rings (SSSR count). The van der Waals surface area contributed by atoms with Crippen LogP contribution in [-0.4, -0.2) is 43.7 Å². The summed E-state index contributed by atoms with van der Waals surface area (Å²) >= 11 is 0. The molecule has 0 aliphatic carbocycles. The highest BCUT2D eigenvalue weighted by atomic mass is 19.3. The number of nitrogens with zero attached hydrogens (tertiary/aromatic N) is 1. The normalized spacial score (nSPS) is 17.7. The number of alkyl halides is 2. The maximum Gasteiger partial charge on any atom is 0.387 e. The number of rotatable bonds is 6. The van der Waals surface area contributed by atoms with Gasteiger partial charge in [-0.05, 0) is 29.8 Å². The van der Waals surface area contributed by atoms with Crippen molar-refractivity contribution in [3.8, 4) is 5.75 Å². The molecule has 1 N–H and O–H groups in total. The van der Waals surface area contributed by atoms with E-state index in [4.69, 9.17) is 4.74 Å². The Morgan fingerprint density at radius 3 is 2.70 bits per heavy atom. The number of para-hydroxylation sites is 2. The van der Waals surface area contributed by atoms with E-state index in [1.54, 1.807) is 24.3 Å². The summed E-state index contributed by atoms with van der Waals surface area (Å²) in [5.41, 5.74) is 1.02. The Hall–Kier alpha value is -2.58. The summed E-state index contributed by atoms with van der Waals surface area (Å²) < 4.78 is 48.1. The quantitative estimate of drug-likeness (QED) is 0.834. The van der Waals surface area contributed by atoms with Gasteiger partial charge in [0.05, 0.1) is 24.9 Å². The molecule has 1 aliphatic heterocycles. The monoisotopic (exact) mass is 380 g/mol. The molecule has 1 amide bonds. The first-order valence-corrected chi connectivity index (χ1v) is 8.44. The number of hydrogen-bond acceptors (Lipinski definition) is 4. The first-order valence-electron chi connectivity index (χ1n) is 8.44. The summed E-state index contributed by atoms with van der Waals surface area (Å²) in [6.45, 7) is -1.45. The third-order valence-electron chi connectivity index (χ3n) is 4.14. The largest absolute Gasteiger partial charge is 0.433 e. The van der Waals surface area contributed by atoms with Crippen LogP contribution >= 0.6 is 0 Å². The predicted octanol–water partition coefficient (Wildman–Crippen LogP) is 3.44. The highest BCUT2D eigenvalue weighted by Gasteiger charge is 2.24. The molecule has 27 heavy (non-hydrogen) atoms. The lowest BCUT2D eigenvalue weighted by Gasteiger charge is -2.32. The highest BCUT2D eigenvalue weighted by molar-refractivity contribution is 5.93. The molecule has 1 atom stereocenters. The molecule has 1 aliphatic rings. The standard InChI is InChI=1S/C19H19F3N2O3/c20-14-7-5-13(6-8-14)17-11-24(9-10-26-17)12-18(25)23-15-3-1-2-4-16(15)27-19(21)22/h1-8,17,19H,9-12H2,(H,23,25)/t17-/m0/s1. The van der Waals surface area contributed by atoms with Crippen LogP contribution in [0.3, 0.4) is 0 Å². The molecular formula is C19H19F3N2O3. The van der Waals surface area contributed by atoms with Crippen molar-refractivity contribution in [2.24, 2.45) is 0 Å². The summed E-state index contributed by atoms with van der Waals surface area (Å²) in [4.78, 5) is 14.2. The van der Waals surface area contributed by atoms with Gasteiger partial charge in [0.1, 0.15) is 11.6 Å². The van der Waals surface area contributed by atoms with E-state index in [-0.39, 0.29) is 35.8 Å². The summed E-state index contributed by atoms with van der Waals surface area (Å²) in [6, 6.07) is 12.1. The fourth-order valence-corrected chi connectivity index (χ4v) is 2.89. The first-order chi connectivity index (χ1) is 13.0.